The minimum absolute atomic E-state index is 0.00345. The fraction of sp³-hybridized carbons (Fsp3) is 0.674. The van der Waals surface area contributed by atoms with Gasteiger partial charge in [-0.1, -0.05) is 26.3 Å². The van der Waals surface area contributed by atoms with Gasteiger partial charge in [-0.2, -0.15) is 0 Å². The number of benzene rings is 1. The van der Waals surface area contributed by atoms with E-state index in [1.54, 1.807) is 6.92 Å². The Morgan fingerprint density at radius 2 is 1.78 bits per heavy atom. The van der Waals surface area contributed by atoms with E-state index < -0.39 is 34.3 Å². The van der Waals surface area contributed by atoms with Crippen LogP contribution in [-0.2, 0) is 9.59 Å². The van der Waals surface area contributed by atoms with Gasteiger partial charge < -0.3 is 29.5 Å². The van der Waals surface area contributed by atoms with Crippen LogP contribution >= 0.6 is 0 Å². The molecular weight excluding hydrogens is 691 g/mol. The van der Waals surface area contributed by atoms with Crippen LogP contribution in [0.5, 0.6) is 5.75 Å². The first-order chi connectivity index (χ1) is 25.5. The lowest BCUT2D eigenvalue weighted by Crippen LogP contribution is -2.61. The lowest BCUT2D eigenvalue weighted by Gasteiger charge is -2.60. The van der Waals surface area contributed by atoms with E-state index in [2.05, 4.69) is 6.92 Å². The maximum absolute atomic E-state index is 16.6. The van der Waals surface area contributed by atoms with Gasteiger partial charge in [-0.3, -0.25) is 14.4 Å². The number of rotatable bonds is 7. The molecule has 0 spiro atoms. The fourth-order valence-corrected chi connectivity index (χ4v) is 12.6. The Labute approximate surface area is 315 Å². The molecule has 1 saturated heterocycles. The number of ether oxygens (including phenoxy) is 1. The maximum atomic E-state index is 16.6. The number of Topliss-reactive ketones (excluding diaryl/α,β-unsaturated/α-hetero) is 1. The maximum Gasteiger partial charge on any atom is 0.341 e. The molecule has 6 aliphatic rings. The smallest absolute Gasteiger partial charge is 0.341 e. The number of carbonyl (C=O) groups excluding carboxylic acids is 2. The number of carboxylic acid groups (broad SMARTS) is 1. The number of pyridine rings is 1. The molecule has 2 aromatic rings. The van der Waals surface area contributed by atoms with Crippen molar-refractivity contribution >= 4 is 34.1 Å². The van der Waals surface area contributed by atoms with Gasteiger partial charge >= 0.3 is 5.97 Å². The van der Waals surface area contributed by atoms with Crippen molar-refractivity contribution < 1.29 is 38.8 Å². The number of allylic oxidation sites excluding steroid dienone is 1. The normalized spacial score (nSPS) is 36.4. The van der Waals surface area contributed by atoms with E-state index in [9.17, 15) is 34.5 Å². The number of fused-ring (bicyclic) bond motifs is 6. The van der Waals surface area contributed by atoms with Crippen LogP contribution in [0, 0.1) is 60.1 Å². The average Bonchev–Trinajstić information content (AvgIpc) is 3.91. The lowest BCUT2D eigenvalue weighted by atomic mass is 9.45. The van der Waals surface area contributed by atoms with Gasteiger partial charge in [-0.15, -0.1) is 0 Å². The number of anilines is 1. The van der Waals surface area contributed by atoms with Crippen molar-refractivity contribution in [1.82, 2.24) is 4.57 Å². The van der Waals surface area contributed by atoms with Crippen LogP contribution in [0.2, 0.25) is 0 Å². The predicted octanol–water partition coefficient (Wildman–Crippen LogP) is 6.45. The molecule has 292 valence electrons. The summed E-state index contributed by atoms with van der Waals surface area (Å²) in [4.78, 5) is 54.5. The minimum atomic E-state index is -1.55. The van der Waals surface area contributed by atoms with Crippen molar-refractivity contribution in [2.24, 2.45) is 40.4 Å². The second-order valence-electron chi connectivity index (χ2n) is 18.3. The zero-order chi connectivity index (χ0) is 38.8. The third-order valence-electron chi connectivity index (χ3n) is 15.7. The van der Waals surface area contributed by atoms with Crippen molar-refractivity contribution in [3.8, 4) is 5.75 Å². The molecule has 2 heterocycles. The summed E-state index contributed by atoms with van der Waals surface area (Å²) in [5.74, 6) is -1.56. The van der Waals surface area contributed by atoms with Crippen LogP contribution in [0.25, 0.3) is 10.9 Å². The number of ketones is 2. The fourth-order valence-electron chi connectivity index (χ4n) is 12.6. The van der Waals surface area contributed by atoms with Gasteiger partial charge in [0.2, 0.25) is 5.43 Å². The standard InChI is InChI=1S/C43H55FN2O8/c1-21-20-45(37-35(44)22(2)32-36(39(37)54-6)46(26-8-9-26)23(3)33(38(32)50)40(51)52)16-13-24(21)17-31(49)43(53)15-12-29-28-10-7-25-18-27(47)11-14-41(25,4)34(28)30(48)19-42(29,43)5/h18,21,24,26,28-30,34,48,53H,7-17,19-20H2,1-6H3,(H,51,52)/t21?,24?,28-,29-,30-,34+,41-,42-,43-/m0/s1. The van der Waals surface area contributed by atoms with E-state index in [0.29, 0.717) is 50.0 Å². The number of halogens is 1. The highest BCUT2D eigenvalue weighted by atomic mass is 19.1. The third kappa shape index (κ3) is 5.15. The predicted molar refractivity (Wildman–Crippen MR) is 202 cm³/mol. The summed E-state index contributed by atoms with van der Waals surface area (Å²) in [7, 11) is 1.45. The summed E-state index contributed by atoms with van der Waals surface area (Å²) in [5.41, 5.74) is -1.38. The highest BCUT2D eigenvalue weighted by molar-refractivity contribution is 6.00. The van der Waals surface area contributed by atoms with E-state index in [1.165, 1.54) is 14.0 Å². The van der Waals surface area contributed by atoms with Gasteiger partial charge in [-0.25, -0.2) is 9.18 Å². The molecule has 0 radical (unpaired) electrons. The Kier molecular flexibility index (Phi) is 8.81. The molecule has 9 atom stereocenters. The number of carboxylic acids is 1. The Morgan fingerprint density at radius 1 is 1.06 bits per heavy atom. The molecule has 5 fully saturated rings. The molecule has 0 bridgehead atoms. The van der Waals surface area contributed by atoms with Gasteiger partial charge in [0, 0.05) is 48.6 Å². The number of aliphatic hydroxyl groups excluding tert-OH is 1. The first-order valence-electron chi connectivity index (χ1n) is 20.1. The van der Waals surface area contributed by atoms with E-state index >= 15 is 4.39 Å². The zero-order valence-corrected chi connectivity index (χ0v) is 32.5. The Hall–Kier alpha value is -3.57. The highest BCUT2D eigenvalue weighted by Crippen LogP contribution is 2.68. The molecule has 8 rings (SSSR count). The van der Waals surface area contributed by atoms with Gasteiger partial charge in [0.25, 0.3) is 0 Å². The van der Waals surface area contributed by atoms with Crippen molar-refractivity contribution in [3.05, 3.63) is 44.5 Å². The number of hydrogen-bond donors (Lipinski definition) is 3. The molecule has 11 heteroatoms. The van der Waals surface area contributed by atoms with Crippen LogP contribution in [-0.4, -0.2) is 69.3 Å². The van der Waals surface area contributed by atoms with Crippen LogP contribution in [0.4, 0.5) is 10.1 Å². The molecule has 0 amide bonds. The number of aromatic carboxylic acids is 1. The summed E-state index contributed by atoms with van der Waals surface area (Å²) < 4.78 is 24.3. The number of aryl methyl sites for hydroxylation is 1. The minimum Gasteiger partial charge on any atom is -0.492 e. The Morgan fingerprint density at radius 3 is 2.43 bits per heavy atom. The van der Waals surface area contributed by atoms with Crippen LogP contribution in [0.1, 0.15) is 119 Å². The molecule has 2 unspecified atom stereocenters. The summed E-state index contributed by atoms with van der Waals surface area (Å²) >= 11 is 0. The number of aliphatic hydroxyl groups is 2. The largest absolute Gasteiger partial charge is 0.492 e. The van der Waals surface area contributed by atoms with Crippen molar-refractivity contribution in [2.75, 3.05) is 25.1 Å². The van der Waals surface area contributed by atoms with E-state index in [1.807, 2.05) is 29.4 Å². The summed E-state index contributed by atoms with van der Waals surface area (Å²) in [5, 5.41) is 34.3. The molecule has 10 nitrogen and oxygen atoms in total. The SMILES string of the molecule is COc1c(N2CCC(CC(=O)[C@@]3(O)CC[C@H]4[C@@H]5CCC6=CC(=O)CC[C@]6(C)[C@H]5[C@@H](O)C[C@@]43C)C(C)C2)c(F)c(C)c2c(=O)c(C(=O)O)c(C)n(C3CC3)c12. The molecule has 54 heavy (non-hydrogen) atoms. The third-order valence-corrected chi connectivity index (χ3v) is 15.7. The Bertz CT molecular complexity index is 2070. The summed E-state index contributed by atoms with van der Waals surface area (Å²) in [6, 6.07) is -0.0130. The molecule has 3 N–H and O–H groups in total. The summed E-state index contributed by atoms with van der Waals surface area (Å²) in [6.45, 7) is 10.3. The first kappa shape index (κ1) is 37.4. The first-order valence-corrected chi connectivity index (χ1v) is 20.1. The molecular formula is C43H55FN2O8. The van der Waals surface area contributed by atoms with E-state index in [0.717, 1.165) is 44.1 Å². The van der Waals surface area contributed by atoms with Crippen molar-refractivity contribution in [2.45, 2.75) is 123 Å². The quantitative estimate of drug-likeness (QED) is 0.291. The lowest BCUT2D eigenvalue weighted by molar-refractivity contribution is -0.181. The Balaban J connectivity index is 1.05. The number of nitrogens with zero attached hydrogens (tertiary/aromatic N) is 2. The van der Waals surface area contributed by atoms with Crippen LogP contribution in [0.15, 0.2) is 16.4 Å². The van der Waals surface area contributed by atoms with Crippen LogP contribution < -0.4 is 15.1 Å². The molecule has 1 aliphatic heterocycles. The zero-order valence-electron chi connectivity index (χ0n) is 32.5. The highest BCUT2D eigenvalue weighted by Gasteiger charge is 2.68. The number of methoxy groups -OCH3 is 1. The number of carbonyl (C=O) groups is 3. The van der Waals surface area contributed by atoms with Crippen LogP contribution in [0.3, 0.4) is 0 Å². The second-order valence-corrected chi connectivity index (χ2v) is 18.3. The number of aromatic nitrogens is 1. The average molecular weight is 747 g/mol. The molecule has 1 aromatic heterocycles. The number of hydrogen-bond acceptors (Lipinski definition) is 8. The van der Waals surface area contributed by atoms with Gasteiger partial charge in [-0.05, 0) is 113 Å². The van der Waals surface area contributed by atoms with E-state index in [-0.39, 0.29) is 87.0 Å². The van der Waals surface area contributed by atoms with Gasteiger partial charge in [0.05, 0.1) is 24.1 Å². The monoisotopic (exact) mass is 746 g/mol. The molecule has 5 aliphatic carbocycles. The topological polar surface area (TPSA) is 146 Å². The van der Waals surface area contributed by atoms with Gasteiger partial charge in [0.15, 0.2) is 23.1 Å². The number of piperidine rings is 1. The van der Waals surface area contributed by atoms with Crippen molar-refractivity contribution in [1.29, 1.82) is 0 Å². The van der Waals surface area contributed by atoms with Crippen molar-refractivity contribution in [3.63, 3.8) is 0 Å². The second kappa shape index (κ2) is 12.7. The summed E-state index contributed by atoms with van der Waals surface area (Å²) in [6.07, 6.45) is 7.89. The molecule has 1 aromatic carbocycles. The van der Waals surface area contributed by atoms with E-state index in [4.69, 9.17) is 4.74 Å². The molecule has 4 saturated carbocycles. The van der Waals surface area contributed by atoms with Gasteiger partial charge in [0.1, 0.15) is 16.9 Å².